The number of hydrazine groups is 1. The van der Waals surface area contributed by atoms with Gasteiger partial charge < -0.3 is 20.1 Å². The molecule has 0 bridgehead atoms. The summed E-state index contributed by atoms with van der Waals surface area (Å²) < 4.78 is 0. The number of nitrogens with zero attached hydrogens (tertiary/aromatic N) is 2. The molecular weight excluding hydrogens is 331 g/mol. The van der Waals surface area contributed by atoms with Crippen LogP contribution in [0.3, 0.4) is 0 Å². The molecule has 2 rings (SSSR count). The molecule has 1 heterocycles. The molecule has 120 valence electrons. The maximum atomic E-state index is 12.5. The minimum Gasteiger partial charge on any atom is -0.549 e. The zero-order valence-corrected chi connectivity index (χ0v) is 15.8. The SMILES string of the molecule is O=C([O-])CNN(Cc1ccc(Cl)cc1)C(=O)N1CCNCC1.[Na+]. The van der Waals surface area contributed by atoms with E-state index in [4.69, 9.17) is 11.6 Å². The van der Waals surface area contributed by atoms with Crippen molar-refractivity contribution in [1.82, 2.24) is 20.7 Å². The van der Waals surface area contributed by atoms with Crippen LogP contribution in [0.25, 0.3) is 0 Å². The molecule has 1 aromatic carbocycles. The number of benzene rings is 1. The van der Waals surface area contributed by atoms with E-state index in [0.717, 1.165) is 18.7 Å². The van der Waals surface area contributed by atoms with Crippen LogP contribution in [-0.2, 0) is 11.3 Å². The number of urea groups is 1. The molecule has 0 unspecified atom stereocenters. The van der Waals surface area contributed by atoms with Crippen LogP contribution in [0.15, 0.2) is 24.3 Å². The number of hydrogen-bond acceptors (Lipinski definition) is 5. The molecule has 1 aliphatic heterocycles. The summed E-state index contributed by atoms with van der Waals surface area (Å²) in [7, 11) is 0. The molecule has 23 heavy (non-hydrogen) atoms. The van der Waals surface area contributed by atoms with E-state index in [1.807, 2.05) is 0 Å². The standard InChI is InChI=1S/C14H19ClN4O3.Na/c15-12-3-1-11(2-4-12)10-19(17-9-13(20)21)14(22)18-7-5-16-6-8-18;/h1-4,16-17H,5-10H2,(H,20,21);/q;+1/p-1. The van der Waals surface area contributed by atoms with E-state index in [1.165, 1.54) is 5.01 Å². The van der Waals surface area contributed by atoms with E-state index in [-0.39, 0.29) is 42.1 Å². The number of carboxylic acid groups (broad SMARTS) is 1. The second kappa shape index (κ2) is 10.1. The Morgan fingerprint density at radius 1 is 1.26 bits per heavy atom. The number of carbonyl (C=O) groups is 2. The van der Waals surface area contributed by atoms with Crippen LogP contribution < -0.4 is 45.4 Å². The average Bonchev–Trinajstić information content (AvgIpc) is 2.53. The van der Waals surface area contributed by atoms with Crippen molar-refractivity contribution in [1.29, 1.82) is 0 Å². The summed E-state index contributed by atoms with van der Waals surface area (Å²) in [5, 5.41) is 15.7. The third-order valence-corrected chi connectivity index (χ3v) is 3.54. The predicted molar refractivity (Wildman–Crippen MR) is 79.8 cm³/mol. The van der Waals surface area contributed by atoms with E-state index in [0.29, 0.717) is 18.1 Å². The van der Waals surface area contributed by atoms with Gasteiger partial charge in [-0.25, -0.2) is 10.2 Å². The van der Waals surface area contributed by atoms with Crippen LogP contribution in [0.1, 0.15) is 5.56 Å². The number of halogens is 1. The molecule has 1 fully saturated rings. The zero-order chi connectivity index (χ0) is 15.9. The third kappa shape index (κ3) is 6.66. The topological polar surface area (TPSA) is 87.7 Å². The largest absolute Gasteiger partial charge is 1.00 e. The van der Waals surface area contributed by atoms with Gasteiger partial charge in [0.2, 0.25) is 0 Å². The maximum absolute atomic E-state index is 12.5. The number of aliphatic carboxylic acids is 1. The fourth-order valence-corrected chi connectivity index (χ4v) is 2.28. The van der Waals surface area contributed by atoms with E-state index in [2.05, 4.69) is 10.7 Å². The number of carboxylic acids is 1. The van der Waals surface area contributed by atoms with Crippen molar-refractivity contribution < 1.29 is 44.3 Å². The predicted octanol–water partition coefficient (Wildman–Crippen LogP) is -3.57. The number of nitrogens with one attached hydrogen (secondary N) is 2. The fourth-order valence-electron chi connectivity index (χ4n) is 2.15. The summed E-state index contributed by atoms with van der Waals surface area (Å²) in [4.78, 5) is 24.8. The molecule has 9 heteroatoms. The monoisotopic (exact) mass is 348 g/mol. The molecule has 2 N–H and O–H groups in total. The Morgan fingerprint density at radius 2 is 1.87 bits per heavy atom. The smallest absolute Gasteiger partial charge is 0.549 e. The Morgan fingerprint density at radius 3 is 2.43 bits per heavy atom. The summed E-state index contributed by atoms with van der Waals surface area (Å²) in [6.07, 6.45) is 0. The quantitative estimate of drug-likeness (QED) is 0.424. The van der Waals surface area contributed by atoms with Gasteiger partial charge in [0, 0.05) is 31.2 Å². The second-order valence-electron chi connectivity index (χ2n) is 4.94. The molecule has 0 atom stereocenters. The molecule has 0 radical (unpaired) electrons. The van der Waals surface area contributed by atoms with Gasteiger partial charge in [-0.3, -0.25) is 5.01 Å². The van der Waals surface area contributed by atoms with Crippen LogP contribution in [0, 0.1) is 0 Å². The van der Waals surface area contributed by atoms with Crippen LogP contribution in [-0.4, -0.2) is 54.6 Å². The minimum absolute atomic E-state index is 0. The molecule has 2 amide bonds. The van der Waals surface area contributed by atoms with Crippen LogP contribution in [0.4, 0.5) is 4.79 Å². The molecule has 0 saturated carbocycles. The van der Waals surface area contributed by atoms with Gasteiger partial charge in [-0.1, -0.05) is 23.7 Å². The van der Waals surface area contributed by atoms with Crippen molar-refractivity contribution in [2.45, 2.75) is 6.54 Å². The molecule has 1 saturated heterocycles. The van der Waals surface area contributed by atoms with Crippen LogP contribution in [0.5, 0.6) is 0 Å². The fraction of sp³-hybridized carbons (Fsp3) is 0.429. The van der Waals surface area contributed by atoms with Crippen molar-refractivity contribution >= 4 is 23.6 Å². The number of carbonyl (C=O) groups excluding carboxylic acids is 2. The number of rotatable bonds is 5. The van der Waals surface area contributed by atoms with Gasteiger partial charge in [0.05, 0.1) is 19.1 Å². The Labute approximate surface area is 162 Å². The van der Waals surface area contributed by atoms with Crippen molar-refractivity contribution in [3.8, 4) is 0 Å². The third-order valence-electron chi connectivity index (χ3n) is 3.29. The molecule has 0 aromatic heterocycles. The van der Waals surface area contributed by atoms with E-state index in [1.54, 1.807) is 29.2 Å². The maximum Gasteiger partial charge on any atom is 1.00 e. The van der Waals surface area contributed by atoms with Gasteiger partial charge in [0.15, 0.2) is 0 Å². The summed E-state index contributed by atoms with van der Waals surface area (Å²) in [5.74, 6) is -1.27. The van der Waals surface area contributed by atoms with Gasteiger partial charge in [0.1, 0.15) is 0 Å². The Kier molecular flexibility index (Phi) is 8.90. The molecule has 0 spiro atoms. The number of amides is 2. The van der Waals surface area contributed by atoms with Gasteiger partial charge in [-0.05, 0) is 17.7 Å². The van der Waals surface area contributed by atoms with Crippen LogP contribution in [0.2, 0.25) is 5.02 Å². The average molecular weight is 349 g/mol. The summed E-state index contributed by atoms with van der Waals surface area (Å²) >= 11 is 5.84. The van der Waals surface area contributed by atoms with Crippen molar-refractivity contribution in [2.24, 2.45) is 0 Å². The first kappa shape index (κ1) is 20.2. The Balaban J connectivity index is 0.00000264. The van der Waals surface area contributed by atoms with Crippen molar-refractivity contribution in [2.75, 3.05) is 32.7 Å². The van der Waals surface area contributed by atoms with E-state index >= 15 is 0 Å². The Hall–Kier alpha value is -0.830. The molecule has 0 aliphatic carbocycles. The molecular formula is C14H18ClN4NaO3. The first-order valence-electron chi connectivity index (χ1n) is 7.01. The summed E-state index contributed by atoms with van der Waals surface area (Å²) in [5.41, 5.74) is 3.45. The Bertz CT molecular complexity index is 523. The van der Waals surface area contributed by atoms with Gasteiger partial charge >= 0.3 is 35.6 Å². The minimum atomic E-state index is -1.27. The molecule has 7 nitrogen and oxygen atoms in total. The van der Waals surface area contributed by atoms with E-state index < -0.39 is 12.5 Å². The summed E-state index contributed by atoms with van der Waals surface area (Å²) in [6, 6.07) is 6.78. The van der Waals surface area contributed by atoms with Crippen molar-refractivity contribution in [3.05, 3.63) is 34.9 Å². The number of piperazine rings is 1. The van der Waals surface area contributed by atoms with Crippen LogP contribution >= 0.6 is 11.6 Å². The normalized spacial score (nSPS) is 14.0. The first-order valence-corrected chi connectivity index (χ1v) is 7.39. The van der Waals surface area contributed by atoms with Crippen molar-refractivity contribution in [3.63, 3.8) is 0 Å². The van der Waals surface area contributed by atoms with E-state index in [9.17, 15) is 14.7 Å². The summed E-state index contributed by atoms with van der Waals surface area (Å²) in [6.45, 7) is 2.44. The zero-order valence-electron chi connectivity index (χ0n) is 13.0. The molecule has 1 aromatic rings. The number of hydrogen-bond donors (Lipinski definition) is 2. The first-order chi connectivity index (χ1) is 10.6. The second-order valence-corrected chi connectivity index (χ2v) is 5.38. The van der Waals surface area contributed by atoms with Gasteiger partial charge in [0.25, 0.3) is 0 Å². The van der Waals surface area contributed by atoms with Gasteiger partial charge in [-0.15, -0.1) is 0 Å². The van der Waals surface area contributed by atoms with Gasteiger partial charge in [-0.2, -0.15) is 0 Å². The molecule has 1 aliphatic rings.